The number of thiocarbonyl (C=S) groups is 1. The molecule has 0 aliphatic carbocycles. The van der Waals surface area contributed by atoms with E-state index in [4.69, 9.17) is 17.0 Å². The van der Waals surface area contributed by atoms with Crippen LogP contribution in [0.2, 0.25) is 0 Å². The highest BCUT2D eigenvalue weighted by atomic mass is 79.9. The molecule has 1 aliphatic heterocycles. The molecule has 2 aromatic carbocycles. The maximum atomic E-state index is 12.9. The van der Waals surface area contributed by atoms with Crippen LogP contribution >= 0.6 is 28.1 Å². The lowest BCUT2D eigenvalue weighted by Gasteiger charge is -2.16. The smallest absolute Gasteiger partial charge is 0.281 e. The van der Waals surface area contributed by atoms with Gasteiger partial charge >= 0.3 is 0 Å². The average molecular weight is 431 g/mol. The highest BCUT2D eigenvalue weighted by molar-refractivity contribution is 9.10. The number of nitrogens with zero attached hydrogens (tertiary/aromatic N) is 1. The molecule has 1 amide bonds. The summed E-state index contributed by atoms with van der Waals surface area (Å²) in [7, 11) is 0. The number of amides is 1. The van der Waals surface area contributed by atoms with Crippen molar-refractivity contribution in [2.45, 2.75) is 20.3 Å². The van der Waals surface area contributed by atoms with Gasteiger partial charge in [-0.25, -0.2) is 0 Å². The van der Waals surface area contributed by atoms with Crippen LogP contribution in [0.4, 0.5) is 5.69 Å². The zero-order valence-corrected chi connectivity index (χ0v) is 17.0. The van der Waals surface area contributed by atoms with Crippen LogP contribution in [0.15, 0.2) is 52.6 Å². The Morgan fingerprint density at radius 3 is 2.77 bits per heavy atom. The number of nitrogens with one attached hydrogen (secondary N) is 1. The van der Waals surface area contributed by atoms with Crippen LogP contribution in [0.25, 0.3) is 6.08 Å². The summed E-state index contributed by atoms with van der Waals surface area (Å²) in [5, 5.41) is 3.41. The summed E-state index contributed by atoms with van der Waals surface area (Å²) in [5.41, 5.74) is 3.02. The molecule has 0 atom stereocenters. The standard InChI is InChI=1S/C20H19BrN2O2S/c1-3-10-25-18-9-8-15(21)11-14(18)12-16-19(24)23(20(26)22-16)17-7-5-4-6-13(17)2/h4-9,11-12H,3,10H2,1-2H3,(H,22,26)/b16-12+. The summed E-state index contributed by atoms with van der Waals surface area (Å²) in [6.45, 7) is 4.63. The molecule has 6 heteroatoms. The van der Waals surface area contributed by atoms with Gasteiger partial charge in [0.05, 0.1) is 12.3 Å². The summed E-state index contributed by atoms with van der Waals surface area (Å²) in [6, 6.07) is 13.4. The van der Waals surface area contributed by atoms with Crippen LogP contribution < -0.4 is 15.0 Å². The van der Waals surface area contributed by atoms with Crippen LogP contribution in [0.3, 0.4) is 0 Å². The average Bonchev–Trinajstić information content (AvgIpc) is 2.88. The molecule has 1 aliphatic rings. The molecule has 0 unspecified atom stereocenters. The molecule has 26 heavy (non-hydrogen) atoms. The molecule has 0 bridgehead atoms. The van der Waals surface area contributed by atoms with E-state index in [1.807, 2.05) is 49.4 Å². The Kier molecular flexibility index (Phi) is 5.74. The molecule has 0 radical (unpaired) electrons. The van der Waals surface area contributed by atoms with E-state index >= 15 is 0 Å². The van der Waals surface area contributed by atoms with Gasteiger partial charge in [0.1, 0.15) is 11.4 Å². The Morgan fingerprint density at radius 2 is 2.04 bits per heavy atom. The minimum Gasteiger partial charge on any atom is -0.493 e. The Balaban J connectivity index is 1.96. The SMILES string of the molecule is CCCOc1ccc(Br)cc1/C=C1/NC(=S)N(c2ccccc2C)C1=O. The first kappa shape index (κ1) is 18.6. The molecule has 3 rings (SSSR count). The lowest BCUT2D eigenvalue weighted by molar-refractivity contribution is -0.113. The molecule has 0 aromatic heterocycles. The fraction of sp³-hybridized carbons (Fsp3) is 0.200. The van der Waals surface area contributed by atoms with E-state index < -0.39 is 0 Å². The van der Waals surface area contributed by atoms with E-state index in [1.165, 1.54) is 4.90 Å². The highest BCUT2D eigenvalue weighted by Gasteiger charge is 2.32. The van der Waals surface area contributed by atoms with Crippen molar-refractivity contribution >= 4 is 50.9 Å². The Hall–Kier alpha value is -2.18. The molecule has 2 aromatic rings. The van der Waals surface area contributed by atoms with Crippen molar-refractivity contribution in [1.82, 2.24) is 5.32 Å². The van der Waals surface area contributed by atoms with Gasteiger partial charge in [0.2, 0.25) is 0 Å². The normalized spacial score (nSPS) is 15.5. The number of anilines is 1. The quantitative estimate of drug-likeness (QED) is 0.545. The number of hydrogen-bond donors (Lipinski definition) is 1. The Bertz CT molecular complexity index is 895. The summed E-state index contributed by atoms with van der Waals surface area (Å²) >= 11 is 8.87. The molecule has 134 valence electrons. The second kappa shape index (κ2) is 8.01. The molecule has 1 heterocycles. The maximum Gasteiger partial charge on any atom is 0.281 e. The monoisotopic (exact) mass is 430 g/mol. The minimum atomic E-state index is -0.175. The molecule has 1 fully saturated rings. The van der Waals surface area contributed by atoms with Crippen molar-refractivity contribution in [2.24, 2.45) is 0 Å². The van der Waals surface area contributed by atoms with Gasteiger partial charge in [-0.3, -0.25) is 9.69 Å². The first-order valence-electron chi connectivity index (χ1n) is 8.36. The van der Waals surface area contributed by atoms with Crippen molar-refractivity contribution < 1.29 is 9.53 Å². The second-order valence-electron chi connectivity index (χ2n) is 5.95. The van der Waals surface area contributed by atoms with Gasteiger partial charge < -0.3 is 10.1 Å². The molecule has 4 nitrogen and oxygen atoms in total. The number of para-hydroxylation sites is 1. The number of rotatable bonds is 5. The predicted molar refractivity (Wildman–Crippen MR) is 112 cm³/mol. The van der Waals surface area contributed by atoms with Crippen LogP contribution in [0.1, 0.15) is 24.5 Å². The molecular weight excluding hydrogens is 412 g/mol. The fourth-order valence-electron chi connectivity index (χ4n) is 2.70. The molecular formula is C20H19BrN2O2S. The van der Waals surface area contributed by atoms with Crippen LogP contribution in [-0.2, 0) is 4.79 Å². The van der Waals surface area contributed by atoms with E-state index in [-0.39, 0.29) is 5.91 Å². The van der Waals surface area contributed by atoms with Gasteiger partial charge in [-0.2, -0.15) is 0 Å². The summed E-state index contributed by atoms with van der Waals surface area (Å²) in [4.78, 5) is 14.5. The van der Waals surface area contributed by atoms with E-state index in [1.54, 1.807) is 6.08 Å². The minimum absolute atomic E-state index is 0.175. The highest BCUT2D eigenvalue weighted by Crippen LogP contribution is 2.29. The molecule has 1 N–H and O–H groups in total. The first-order valence-corrected chi connectivity index (χ1v) is 9.56. The van der Waals surface area contributed by atoms with Crippen molar-refractivity contribution in [3.63, 3.8) is 0 Å². The third-order valence-electron chi connectivity index (χ3n) is 3.97. The van der Waals surface area contributed by atoms with Crippen molar-refractivity contribution in [2.75, 3.05) is 11.5 Å². The molecule has 1 saturated heterocycles. The number of halogens is 1. The third-order valence-corrected chi connectivity index (χ3v) is 4.75. The predicted octanol–water partition coefficient (Wildman–Crippen LogP) is 4.81. The van der Waals surface area contributed by atoms with Crippen LogP contribution in [-0.4, -0.2) is 17.6 Å². The zero-order valence-electron chi connectivity index (χ0n) is 14.6. The fourth-order valence-corrected chi connectivity index (χ4v) is 3.37. The maximum absolute atomic E-state index is 12.9. The van der Waals surface area contributed by atoms with E-state index in [2.05, 4.69) is 28.2 Å². The van der Waals surface area contributed by atoms with Crippen molar-refractivity contribution in [3.8, 4) is 5.75 Å². The number of benzene rings is 2. The summed E-state index contributed by atoms with van der Waals surface area (Å²) < 4.78 is 6.71. The van der Waals surface area contributed by atoms with E-state index in [9.17, 15) is 4.79 Å². The number of ether oxygens (including phenoxy) is 1. The van der Waals surface area contributed by atoms with Crippen molar-refractivity contribution in [1.29, 1.82) is 0 Å². The lowest BCUT2D eigenvalue weighted by atomic mass is 10.1. The number of aryl methyl sites for hydroxylation is 1. The zero-order chi connectivity index (χ0) is 18.7. The van der Waals surface area contributed by atoms with E-state index in [0.29, 0.717) is 17.4 Å². The van der Waals surface area contributed by atoms with E-state index in [0.717, 1.165) is 33.5 Å². The number of hydrogen-bond acceptors (Lipinski definition) is 3. The van der Waals surface area contributed by atoms with Gasteiger partial charge in [0, 0.05) is 10.0 Å². The van der Waals surface area contributed by atoms with Gasteiger partial charge in [0.25, 0.3) is 5.91 Å². The number of carbonyl (C=O) groups is 1. The summed E-state index contributed by atoms with van der Waals surface area (Å²) in [6.07, 6.45) is 2.69. The summed E-state index contributed by atoms with van der Waals surface area (Å²) in [5.74, 6) is 0.558. The van der Waals surface area contributed by atoms with Crippen LogP contribution in [0, 0.1) is 6.92 Å². The second-order valence-corrected chi connectivity index (χ2v) is 7.25. The van der Waals surface area contributed by atoms with Gasteiger partial charge in [0.15, 0.2) is 5.11 Å². The Labute approximate surface area is 167 Å². The number of carbonyl (C=O) groups excluding carboxylic acids is 1. The van der Waals surface area contributed by atoms with Gasteiger partial charge in [-0.15, -0.1) is 0 Å². The van der Waals surface area contributed by atoms with Crippen molar-refractivity contribution in [3.05, 3.63) is 63.8 Å². The third kappa shape index (κ3) is 3.81. The first-order chi connectivity index (χ1) is 12.5. The topological polar surface area (TPSA) is 41.6 Å². The molecule has 0 saturated carbocycles. The van der Waals surface area contributed by atoms with Crippen LogP contribution in [0.5, 0.6) is 5.75 Å². The van der Waals surface area contributed by atoms with Gasteiger partial charge in [-0.1, -0.05) is 41.1 Å². The lowest BCUT2D eigenvalue weighted by Crippen LogP contribution is -2.30. The van der Waals surface area contributed by atoms with Gasteiger partial charge in [-0.05, 0) is 61.5 Å². The Morgan fingerprint density at radius 1 is 1.27 bits per heavy atom. The molecule has 0 spiro atoms. The largest absolute Gasteiger partial charge is 0.493 e.